The van der Waals surface area contributed by atoms with E-state index in [-0.39, 0.29) is 0 Å². The quantitative estimate of drug-likeness (QED) is 0.767. The van der Waals surface area contributed by atoms with Gasteiger partial charge in [-0.15, -0.1) is 0 Å². The number of sulfonamides is 1. The number of rotatable bonds is 5. The molecule has 140 valence electrons. The van der Waals surface area contributed by atoms with E-state index in [4.69, 9.17) is 4.99 Å². The van der Waals surface area contributed by atoms with E-state index in [2.05, 4.69) is 10.3 Å². The van der Waals surface area contributed by atoms with Crippen molar-refractivity contribution in [2.75, 3.05) is 13.1 Å². The third kappa shape index (κ3) is 2.90. The van der Waals surface area contributed by atoms with Gasteiger partial charge in [-0.2, -0.15) is 4.31 Å². The van der Waals surface area contributed by atoms with Crippen LogP contribution in [0, 0.1) is 0 Å². The lowest BCUT2D eigenvalue weighted by molar-refractivity contribution is 0.305. The van der Waals surface area contributed by atoms with Crippen LogP contribution in [0.15, 0.2) is 39.6 Å². The third-order valence-corrected chi connectivity index (χ3v) is 8.45. The van der Waals surface area contributed by atoms with Crippen LogP contribution in [0.5, 0.6) is 0 Å². The molecule has 7 heteroatoms. The van der Waals surface area contributed by atoms with E-state index in [1.807, 2.05) is 26.0 Å². The van der Waals surface area contributed by atoms with Gasteiger partial charge in [-0.25, -0.2) is 8.42 Å². The molecular weight excluding hydrogens is 366 g/mol. The molecule has 26 heavy (non-hydrogen) atoms. The number of thioether (sulfide) groups is 1. The van der Waals surface area contributed by atoms with E-state index >= 15 is 0 Å². The molecule has 0 N–H and O–H groups in total. The predicted octanol–water partition coefficient (Wildman–Crippen LogP) is 3.75. The van der Waals surface area contributed by atoms with Crippen molar-refractivity contribution >= 4 is 32.6 Å². The SMILES string of the molecule is CCN(CC)S(=O)(=O)c1ccc(C2=CSC3=N[C@@H]4CCCC[C@@H]4N23)cc1. The van der Waals surface area contributed by atoms with Crippen molar-refractivity contribution in [3.8, 4) is 0 Å². The minimum atomic E-state index is -3.41. The Balaban J connectivity index is 1.59. The van der Waals surface area contributed by atoms with Gasteiger partial charge in [0.25, 0.3) is 0 Å². The number of benzene rings is 1. The van der Waals surface area contributed by atoms with Gasteiger partial charge < -0.3 is 4.90 Å². The maximum Gasteiger partial charge on any atom is 0.243 e. The zero-order valence-electron chi connectivity index (χ0n) is 15.3. The van der Waals surface area contributed by atoms with E-state index in [0.717, 1.165) is 16.4 Å². The Morgan fingerprint density at radius 1 is 1.15 bits per heavy atom. The molecule has 5 nitrogen and oxygen atoms in total. The summed E-state index contributed by atoms with van der Waals surface area (Å²) in [5, 5.41) is 3.26. The average molecular weight is 392 g/mol. The lowest BCUT2D eigenvalue weighted by atomic mass is 9.90. The molecule has 0 aromatic heterocycles. The monoisotopic (exact) mass is 391 g/mol. The average Bonchev–Trinajstić information content (AvgIpc) is 3.22. The van der Waals surface area contributed by atoms with Crippen molar-refractivity contribution in [2.24, 2.45) is 4.99 Å². The van der Waals surface area contributed by atoms with Crippen LogP contribution >= 0.6 is 11.8 Å². The Labute approximate surface area is 160 Å². The summed E-state index contributed by atoms with van der Waals surface area (Å²) in [6.07, 6.45) is 4.90. The molecule has 3 aliphatic rings. The topological polar surface area (TPSA) is 53.0 Å². The van der Waals surface area contributed by atoms with Gasteiger partial charge in [0, 0.05) is 18.5 Å². The van der Waals surface area contributed by atoms with E-state index in [0.29, 0.717) is 30.1 Å². The molecule has 1 saturated carbocycles. The van der Waals surface area contributed by atoms with Crippen molar-refractivity contribution in [1.82, 2.24) is 9.21 Å². The summed E-state index contributed by atoms with van der Waals surface area (Å²) in [7, 11) is -3.41. The molecule has 1 aliphatic carbocycles. The highest BCUT2D eigenvalue weighted by Gasteiger charge is 2.42. The molecule has 0 saturated heterocycles. The molecule has 1 fully saturated rings. The van der Waals surface area contributed by atoms with Gasteiger partial charge in [-0.1, -0.05) is 50.6 Å². The van der Waals surface area contributed by atoms with Crippen LogP contribution in [0.2, 0.25) is 0 Å². The summed E-state index contributed by atoms with van der Waals surface area (Å²) < 4.78 is 26.8. The number of nitrogens with zero attached hydrogens (tertiary/aromatic N) is 3. The molecule has 0 radical (unpaired) electrons. The summed E-state index contributed by atoms with van der Waals surface area (Å²) in [6, 6.07) is 8.23. The fourth-order valence-corrected chi connectivity index (χ4v) is 6.61. The lowest BCUT2D eigenvalue weighted by Crippen LogP contribution is -2.38. The van der Waals surface area contributed by atoms with Gasteiger partial charge in [0.1, 0.15) is 0 Å². The smallest absolute Gasteiger partial charge is 0.243 e. The molecular formula is C19H25N3O2S2. The number of aliphatic imine (C=N–C) groups is 1. The second kappa shape index (κ2) is 7.02. The number of amidine groups is 1. The molecule has 0 bridgehead atoms. The largest absolute Gasteiger partial charge is 0.315 e. The molecule has 2 aliphatic heterocycles. The second-order valence-corrected chi connectivity index (χ2v) is 9.71. The lowest BCUT2D eigenvalue weighted by Gasteiger charge is -2.32. The highest BCUT2D eigenvalue weighted by atomic mass is 32.2. The van der Waals surface area contributed by atoms with E-state index in [9.17, 15) is 8.42 Å². The van der Waals surface area contributed by atoms with Gasteiger partial charge in [-0.05, 0) is 30.5 Å². The van der Waals surface area contributed by atoms with E-state index < -0.39 is 10.0 Å². The summed E-state index contributed by atoms with van der Waals surface area (Å²) in [5.74, 6) is 0. The highest BCUT2D eigenvalue weighted by Crippen LogP contribution is 2.44. The predicted molar refractivity (Wildman–Crippen MR) is 107 cm³/mol. The fourth-order valence-electron chi connectivity index (χ4n) is 4.14. The van der Waals surface area contributed by atoms with Gasteiger partial charge in [-0.3, -0.25) is 4.99 Å². The first-order valence-corrected chi connectivity index (χ1v) is 11.7. The van der Waals surface area contributed by atoms with Gasteiger partial charge >= 0.3 is 0 Å². The molecule has 0 spiro atoms. The summed E-state index contributed by atoms with van der Waals surface area (Å²) in [5.41, 5.74) is 2.22. The molecule has 0 amide bonds. The Bertz CT molecular complexity index is 842. The van der Waals surface area contributed by atoms with Gasteiger partial charge in [0.2, 0.25) is 10.0 Å². The number of hydrogen-bond acceptors (Lipinski definition) is 5. The van der Waals surface area contributed by atoms with Crippen LogP contribution < -0.4 is 0 Å². The van der Waals surface area contributed by atoms with Crippen LogP contribution in [0.1, 0.15) is 45.1 Å². The molecule has 2 atom stereocenters. The van der Waals surface area contributed by atoms with Crippen molar-refractivity contribution in [3.05, 3.63) is 35.2 Å². The van der Waals surface area contributed by atoms with Gasteiger partial charge in [0.15, 0.2) is 5.17 Å². The zero-order valence-corrected chi connectivity index (χ0v) is 16.9. The molecule has 1 aromatic carbocycles. The summed E-state index contributed by atoms with van der Waals surface area (Å²) in [4.78, 5) is 7.64. The minimum Gasteiger partial charge on any atom is -0.315 e. The van der Waals surface area contributed by atoms with Crippen LogP contribution in [-0.2, 0) is 10.0 Å². The summed E-state index contributed by atoms with van der Waals surface area (Å²) >= 11 is 1.69. The van der Waals surface area contributed by atoms with Crippen molar-refractivity contribution in [1.29, 1.82) is 0 Å². The number of hydrogen-bond donors (Lipinski definition) is 0. The first kappa shape index (κ1) is 18.1. The second-order valence-electron chi connectivity index (χ2n) is 6.94. The van der Waals surface area contributed by atoms with E-state index in [1.54, 1.807) is 23.9 Å². The van der Waals surface area contributed by atoms with Crippen molar-refractivity contribution < 1.29 is 8.42 Å². The summed E-state index contributed by atoms with van der Waals surface area (Å²) in [6.45, 7) is 4.70. The Morgan fingerprint density at radius 2 is 1.85 bits per heavy atom. The minimum absolute atomic E-state index is 0.363. The standard InChI is InChI=1S/C19H25N3O2S2/c1-3-21(4-2)26(23,24)15-11-9-14(10-12-15)18-13-25-19-20-16-7-5-6-8-17(16)22(18)19/h9-13,16-17H,3-8H2,1-2H3/t16-,17+/m1/s1. The fraction of sp³-hybridized carbons (Fsp3) is 0.526. The van der Waals surface area contributed by atoms with Crippen molar-refractivity contribution in [2.45, 2.75) is 56.5 Å². The molecule has 4 rings (SSSR count). The van der Waals surface area contributed by atoms with Crippen LogP contribution in [-0.4, -0.2) is 48.0 Å². The van der Waals surface area contributed by atoms with E-state index in [1.165, 1.54) is 30.0 Å². The third-order valence-electron chi connectivity index (χ3n) is 5.54. The maximum absolute atomic E-state index is 12.7. The highest BCUT2D eigenvalue weighted by molar-refractivity contribution is 8.16. The Hall–Kier alpha value is -1.31. The first-order chi connectivity index (χ1) is 12.6. The normalized spacial score (nSPS) is 25.1. The maximum atomic E-state index is 12.7. The zero-order chi connectivity index (χ0) is 18.3. The molecule has 1 aromatic rings. The Morgan fingerprint density at radius 3 is 2.54 bits per heavy atom. The first-order valence-electron chi connectivity index (χ1n) is 9.40. The van der Waals surface area contributed by atoms with Crippen molar-refractivity contribution in [3.63, 3.8) is 0 Å². The van der Waals surface area contributed by atoms with Gasteiger partial charge in [0.05, 0.1) is 22.7 Å². The van der Waals surface area contributed by atoms with Crippen LogP contribution in [0.3, 0.4) is 0 Å². The molecule has 0 unspecified atom stereocenters. The van der Waals surface area contributed by atoms with Crippen LogP contribution in [0.25, 0.3) is 5.70 Å². The molecule has 2 heterocycles. The number of fused-ring (bicyclic) bond motifs is 3. The Kier molecular flexibility index (Phi) is 4.88. The van der Waals surface area contributed by atoms with Crippen LogP contribution in [0.4, 0.5) is 0 Å².